The third kappa shape index (κ3) is 5.38. The van der Waals surface area contributed by atoms with Gasteiger partial charge in [0.2, 0.25) is 5.91 Å². The summed E-state index contributed by atoms with van der Waals surface area (Å²) >= 11 is 0. The van der Waals surface area contributed by atoms with E-state index in [0.29, 0.717) is 25.6 Å². The molecule has 5 rings (SSSR count). The van der Waals surface area contributed by atoms with Crippen molar-refractivity contribution in [1.82, 2.24) is 15.5 Å². The summed E-state index contributed by atoms with van der Waals surface area (Å²) in [6, 6.07) is 9.56. The van der Waals surface area contributed by atoms with Crippen LogP contribution in [-0.4, -0.2) is 66.9 Å². The Morgan fingerprint density at radius 1 is 1.11 bits per heavy atom. The van der Waals surface area contributed by atoms with Crippen molar-refractivity contribution in [3.8, 4) is 0 Å². The van der Waals surface area contributed by atoms with E-state index < -0.39 is 6.04 Å². The molecule has 0 radical (unpaired) electrons. The lowest BCUT2D eigenvalue weighted by atomic mass is 9.85. The maximum atomic E-state index is 12.9. The number of likely N-dealkylation sites (tertiary alicyclic amines) is 1. The molecule has 2 fully saturated rings. The first-order chi connectivity index (χ1) is 17.5. The molecule has 8 heteroatoms. The number of benzene rings is 1. The highest BCUT2D eigenvalue weighted by Gasteiger charge is 2.41. The van der Waals surface area contributed by atoms with Gasteiger partial charge in [-0.25, -0.2) is 0 Å². The van der Waals surface area contributed by atoms with Crippen LogP contribution in [0.25, 0.3) is 0 Å². The highest BCUT2D eigenvalue weighted by atomic mass is 16.2. The molecule has 1 saturated carbocycles. The largest absolute Gasteiger partial charge is 0.370 e. The fraction of sp³-hybridized carbons (Fsp3) is 0.679. The molecule has 8 nitrogen and oxygen atoms in total. The molecule has 1 saturated heterocycles. The van der Waals surface area contributed by atoms with Crippen LogP contribution in [0, 0.1) is 11.3 Å². The summed E-state index contributed by atoms with van der Waals surface area (Å²) < 4.78 is 0. The number of carbonyl (C=O) groups excluding carboxylic acids is 1. The van der Waals surface area contributed by atoms with Crippen LogP contribution in [-0.2, 0) is 4.79 Å². The second kappa shape index (κ2) is 11.2. The first-order valence-corrected chi connectivity index (χ1v) is 14.1. The van der Waals surface area contributed by atoms with E-state index in [-0.39, 0.29) is 17.8 Å². The van der Waals surface area contributed by atoms with Gasteiger partial charge in [-0.05, 0) is 75.3 Å². The molecule has 36 heavy (non-hydrogen) atoms. The van der Waals surface area contributed by atoms with Gasteiger partial charge in [0.05, 0.1) is 0 Å². The number of anilines is 1. The number of fused-ring (bicyclic) bond motifs is 3. The fourth-order valence-corrected chi connectivity index (χ4v) is 6.76. The Morgan fingerprint density at radius 2 is 1.86 bits per heavy atom. The van der Waals surface area contributed by atoms with E-state index in [9.17, 15) is 4.79 Å². The van der Waals surface area contributed by atoms with Gasteiger partial charge >= 0.3 is 0 Å². The van der Waals surface area contributed by atoms with Gasteiger partial charge in [0.15, 0.2) is 5.96 Å². The average molecular weight is 494 g/mol. The van der Waals surface area contributed by atoms with E-state index in [1.807, 2.05) is 0 Å². The first kappa shape index (κ1) is 25.1. The molecule has 0 aromatic heterocycles. The lowest BCUT2D eigenvalue weighted by Gasteiger charge is -2.43. The van der Waals surface area contributed by atoms with Crippen molar-refractivity contribution >= 4 is 23.4 Å². The molecule has 3 heterocycles. The summed E-state index contributed by atoms with van der Waals surface area (Å²) in [7, 11) is 0. The van der Waals surface area contributed by atoms with Crippen molar-refractivity contribution in [2.24, 2.45) is 16.6 Å². The van der Waals surface area contributed by atoms with Crippen LogP contribution >= 0.6 is 0 Å². The van der Waals surface area contributed by atoms with Gasteiger partial charge in [0.1, 0.15) is 11.9 Å². The molecular weight excluding hydrogens is 450 g/mol. The van der Waals surface area contributed by atoms with Gasteiger partial charge in [-0.15, -0.1) is 0 Å². The van der Waals surface area contributed by atoms with E-state index in [1.54, 1.807) is 0 Å². The van der Waals surface area contributed by atoms with Crippen LogP contribution in [0.15, 0.2) is 29.3 Å². The van der Waals surface area contributed by atoms with Crippen molar-refractivity contribution in [2.45, 2.75) is 88.8 Å². The Balaban J connectivity index is 1.35. The Morgan fingerprint density at radius 3 is 2.61 bits per heavy atom. The number of para-hydroxylation sites is 1. The van der Waals surface area contributed by atoms with E-state index in [2.05, 4.69) is 51.6 Å². The molecule has 4 aliphatic rings. The second-order valence-electron chi connectivity index (χ2n) is 11.2. The molecule has 196 valence electrons. The second-order valence-corrected chi connectivity index (χ2v) is 11.2. The van der Waals surface area contributed by atoms with Gasteiger partial charge in [-0.3, -0.25) is 15.2 Å². The number of amidine groups is 1. The van der Waals surface area contributed by atoms with Crippen molar-refractivity contribution < 1.29 is 4.79 Å². The van der Waals surface area contributed by atoms with E-state index in [0.717, 1.165) is 56.6 Å². The minimum Gasteiger partial charge on any atom is -0.370 e. The molecule has 1 aromatic rings. The summed E-state index contributed by atoms with van der Waals surface area (Å²) in [6.07, 6.45) is 10.00. The van der Waals surface area contributed by atoms with Crippen molar-refractivity contribution in [2.75, 3.05) is 31.1 Å². The summed E-state index contributed by atoms with van der Waals surface area (Å²) in [5, 5.41) is 13.3. The lowest BCUT2D eigenvalue weighted by molar-refractivity contribution is -0.122. The van der Waals surface area contributed by atoms with Crippen LogP contribution in [0.3, 0.4) is 0 Å². The fourth-order valence-electron chi connectivity index (χ4n) is 6.76. The quantitative estimate of drug-likeness (QED) is 0.276. The number of amides is 1. The number of nitrogens with zero attached hydrogens (tertiary/aromatic N) is 3. The SMILES string of the molecule is CC1CCC(N2CCC(N3/C4=N/[C@@H](CCCNC(=N)N)C(=O)NCCC4c4ccccc43)CC2)CC1. The van der Waals surface area contributed by atoms with Crippen LogP contribution < -0.4 is 21.3 Å². The minimum atomic E-state index is -0.405. The Labute approximate surface area is 215 Å². The highest BCUT2D eigenvalue weighted by molar-refractivity contribution is 6.10. The van der Waals surface area contributed by atoms with E-state index in [4.69, 9.17) is 16.1 Å². The zero-order chi connectivity index (χ0) is 25.1. The Hall–Kier alpha value is -2.61. The number of aliphatic imine (C=N–C) groups is 1. The standard InChI is InChI=1S/C28H43N7O/c1-19-8-10-20(11-9-19)34-17-13-21(14-18-34)35-25-7-3-2-5-22(25)23-12-16-31-27(36)24(33-26(23)35)6-4-15-32-28(29)30/h2-3,5,7,19-21,23-24H,4,6,8-18H2,1H3,(H,31,36)(H4,29,30,32)/b33-26+/t19?,20?,23?,24-/m0/s1. The summed E-state index contributed by atoms with van der Waals surface area (Å²) in [5.74, 6) is 2.20. The molecular formula is C28H43N7O. The number of nitrogens with two attached hydrogens (primary N) is 1. The van der Waals surface area contributed by atoms with Crippen molar-refractivity contribution in [1.29, 1.82) is 5.41 Å². The third-order valence-corrected chi connectivity index (χ3v) is 8.79. The third-order valence-electron chi connectivity index (χ3n) is 8.79. The summed E-state index contributed by atoms with van der Waals surface area (Å²) in [4.78, 5) is 23.4. The molecule has 0 bridgehead atoms. The molecule has 1 amide bonds. The molecule has 3 aliphatic heterocycles. The van der Waals surface area contributed by atoms with Crippen LogP contribution in [0.1, 0.15) is 76.2 Å². The van der Waals surface area contributed by atoms with Gasteiger partial charge in [0, 0.05) is 49.9 Å². The predicted octanol–water partition coefficient (Wildman–Crippen LogP) is 3.18. The minimum absolute atomic E-state index is 0.0148. The van der Waals surface area contributed by atoms with E-state index >= 15 is 0 Å². The lowest BCUT2D eigenvalue weighted by Crippen LogP contribution is -2.51. The summed E-state index contributed by atoms with van der Waals surface area (Å²) in [6.45, 7) is 5.95. The molecule has 0 spiro atoms. The predicted molar refractivity (Wildman–Crippen MR) is 146 cm³/mol. The number of carbonyl (C=O) groups is 1. The van der Waals surface area contributed by atoms with Gasteiger partial charge in [0.25, 0.3) is 0 Å². The Bertz CT molecular complexity index is 962. The van der Waals surface area contributed by atoms with E-state index in [1.165, 1.54) is 36.9 Å². The Kier molecular flexibility index (Phi) is 7.79. The van der Waals surface area contributed by atoms with Gasteiger partial charge in [-0.2, -0.15) is 0 Å². The van der Waals surface area contributed by atoms with Crippen molar-refractivity contribution in [3.63, 3.8) is 0 Å². The average Bonchev–Trinajstić information content (AvgIpc) is 3.17. The monoisotopic (exact) mass is 493 g/mol. The van der Waals surface area contributed by atoms with Gasteiger partial charge in [-0.1, -0.05) is 25.1 Å². The summed E-state index contributed by atoms with van der Waals surface area (Å²) in [5.41, 5.74) is 8.07. The maximum absolute atomic E-state index is 12.9. The highest BCUT2D eigenvalue weighted by Crippen LogP contribution is 2.43. The molecule has 1 aliphatic carbocycles. The van der Waals surface area contributed by atoms with Crippen LogP contribution in [0.5, 0.6) is 0 Å². The molecule has 5 N–H and O–H groups in total. The maximum Gasteiger partial charge on any atom is 0.244 e. The molecule has 1 unspecified atom stereocenters. The zero-order valence-electron chi connectivity index (χ0n) is 21.7. The number of hydrogen-bond acceptors (Lipinski definition) is 5. The van der Waals surface area contributed by atoms with Crippen LogP contribution in [0.4, 0.5) is 5.69 Å². The first-order valence-electron chi connectivity index (χ1n) is 14.1. The number of rotatable bonds is 6. The number of nitrogens with one attached hydrogen (secondary N) is 3. The smallest absolute Gasteiger partial charge is 0.244 e. The van der Waals surface area contributed by atoms with Crippen molar-refractivity contribution in [3.05, 3.63) is 29.8 Å². The van der Waals surface area contributed by atoms with Gasteiger partial charge < -0.3 is 26.2 Å². The molecule has 2 atom stereocenters. The number of piperidine rings is 1. The topological polar surface area (TPSA) is 110 Å². The zero-order valence-corrected chi connectivity index (χ0v) is 21.7. The normalized spacial score (nSPS) is 30.9. The van der Waals surface area contributed by atoms with Crippen LogP contribution in [0.2, 0.25) is 0 Å². The molecule has 1 aromatic carbocycles. The number of hydrogen-bond donors (Lipinski definition) is 4. The number of guanidine groups is 1.